The fourth-order valence-electron chi connectivity index (χ4n) is 3.34. The van der Waals surface area contributed by atoms with Gasteiger partial charge in [-0.2, -0.15) is 14.0 Å². The van der Waals surface area contributed by atoms with Gasteiger partial charge >= 0.3 is 11.9 Å². The molecule has 3 heterocycles. The van der Waals surface area contributed by atoms with Crippen molar-refractivity contribution in [1.29, 1.82) is 5.26 Å². The van der Waals surface area contributed by atoms with Crippen LogP contribution in [-0.2, 0) is 17.3 Å². The van der Waals surface area contributed by atoms with Gasteiger partial charge in [0.05, 0.1) is 6.54 Å². The van der Waals surface area contributed by atoms with E-state index >= 15 is 0 Å². The first-order valence-electron chi connectivity index (χ1n) is 9.68. The van der Waals surface area contributed by atoms with Crippen LogP contribution in [0.15, 0.2) is 23.0 Å². The number of hydrogen-bond donors (Lipinski definition) is 2. The number of carboxylic acids is 1. The Kier molecular flexibility index (Phi) is 6.82. The van der Waals surface area contributed by atoms with E-state index in [2.05, 4.69) is 10.3 Å². The number of nitrogens with one attached hydrogen (secondary N) is 1. The number of nitrogens with zero attached hydrogens (tertiary/aromatic N) is 4. The Bertz CT molecular complexity index is 1190. The van der Waals surface area contributed by atoms with Crippen LogP contribution in [0, 0.1) is 11.3 Å². The van der Waals surface area contributed by atoms with Gasteiger partial charge < -0.3 is 10.4 Å². The monoisotopic (exact) mass is 449 g/mol. The molecule has 0 aromatic carbocycles. The molecule has 8 nitrogen and oxygen atoms in total. The molecule has 3 rings (SSSR count). The summed E-state index contributed by atoms with van der Waals surface area (Å²) in [6, 6.07) is 5.79. The number of anilines is 1. The lowest BCUT2D eigenvalue weighted by atomic mass is 10.2. The summed E-state index contributed by atoms with van der Waals surface area (Å²) in [6.07, 6.45) is 3.10. The quantitative estimate of drug-likeness (QED) is 0.652. The van der Waals surface area contributed by atoms with Crippen LogP contribution in [0.1, 0.15) is 25.5 Å². The maximum Gasteiger partial charge on any atom is 0.349 e. The lowest BCUT2D eigenvalue weighted by Gasteiger charge is -2.22. The fraction of sp³-hybridized carbons (Fsp3) is 0.400. The zero-order valence-corrected chi connectivity index (χ0v) is 17.6. The van der Waals surface area contributed by atoms with Crippen LogP contribution >= 0.6 is 11.3 Å². The lowest BCUT2D eigenvalue weighted by molar-refractivity contribution is -0.130. The molecule has 0 amide bonds. The van der Waals surface area contributed by atoms with Crippen molar-refractivity contribution in [2.75, 3.05) is 25.0 Å². The van der Waals surface area contributed by atoms with Gasteiger partial charge in [0.1, 0.15) is 26.8 Å². The highest BCUT2D eigenvalue weighted by molar-refractivity contribution is 7.07. The number of halogens is 2. The summed E-state index contributed by atoms with van der Waals surface area (Å²) in [5.41, 5.74) is -1.40. The van der Waals surface area contributed by atoms with Crippen molar-refractivity contribution in [3.63, 3.8) is 0 Å². The average molecular weight is 449 g/mol. The number of carbonyl (C=O) groups is 1. The molecule has 0 spiro atoms. The third kappa shape index (κ3) is 4.98. The smallest absolute Gasteiger partial charge is 0.349 e. The largest absolute Gasteiger partial charge is 0.477 e. The van der Waals surface area contributed by atoms with Gasteiger partial charge in [-0.25, -0.2) is 9.78 Å². The van der Waals surface area contributed by atoms with Gasteiger partial charge in [-0.05, 0) is 45.0 Å². The van der Waals surface area contributed by atoms with Crippen molar-refractivity contribution in [2.24, 2.45) is 0 Å². The van der Waals surface area contributed by atoms with Crippen molar-refractivity contribution >= 4 is 34.9 Å². The molecule has 1 aliphatic heterocycles. The van der Waals surface area contributed by atoms with Crippen molar-refractivity contribution in [1.82, 2.24) is 14.5 Å². The van der Waals surface area contributed by atoms with Crippen LogP contribution in [0.2, 0.25) is 0 Å². The topological polar surface area (TPSA) is 111 Å². The summed E-state index contributed by atoms with van der Waals surface area (Å²) < 4.78 is 30.6. The van der Waals surface area contributed by atoms with E-state index in [1.807, 2.05) is 0 Å². The third-order valence-corrected chi connectivity index (χ3v) is 5.99. The molecule has 2 N–H and O–H groups in total. The molecule has 0 bridgehead atoms. The molecule has 2 aromatic rings. The van der Waals surface area contributed by atoms with Crippen LogP contribution in [0.25, 0.3) is 11.8 Å². The van der Waals surface area contributed by atoms with Crippen molar-refractivity contribution in [3.8, 4) is 6.07 Å². The van der Waals surface area contributed by atoms with E-state index in [1.165, 1.54) is 29.0 Å². The summed E-state index contributed by atoms with van der Waals surface area (Å²) in [5.74, 6) is -4.43. The zero-order chi connectivity index (χ0) is 22.6. The second-order valence-corrected chi connectivity index (χ2v) is 8.03. The number of thiazole rings is 1. The van der Waals surface area contributed by atoms with Crippen LogP contribution < -0.4 is 20.1 Å². The molecule has 0 unspecified atom stereocenters. The van der Waals surface area contributed by atoms with Gasteiger partial charge in [0.15, 0.2) is 5.57 Å². The predicted octanol–water partition coefficient (Wildman–Crippen LogP) is 1.12. The Labute approximate surface area is 180 Å². The average Bonchev–Trinajstić information content (AvgIpc) is 3.34. The van der Waals surface area contributed by atoms with E-state index in [0.29, 0.717) is 13.1 Å². The first-order chi connectivity index (χ1) is 14.8. The Balaban J connectivity index is 1.92. The number of rotatable bonds is 7. The predicted molar refractivity (Wildman–Crippen MR) is 112 cm³/mol. The summed E-state index contributed by atoms with van der Waals surface area (Å²) in [5, 5.41) is 21.0. The van der Waals surface area contributed by atoms with Crippen LogP contribution in [0.4, 0.5) is 14.6 Å². The number of pyridine rings is 1. The maximum absolute atomic E-state index is 14.6. The second kappa shape index (κ2) is 9.36. The van der Waals surface area contributed by atoms with Crippen LogP contribution in [-0.4, -0.2) is 45.2 Å². The first-order valence-corrected chi connectivity index (χ1v) is 10.5. The summed E-state index contributed by atoms with van der Waals surface area (Å²) in [6.45, 7) is 2.71. The molecule has 1 fully saturated rings. The molecule has 0 aliphatic carbocycles. The van der Waals surface area contributed by atoms with Gasteiger partial charge in [0.25, 0.3) is 5.56 Å². The Morgan fingerprint density at radius 2 is 2.13 bits per heavy atom. The molecular formula is C20H21F2N5O3S. The van der Waals surface area contributed by atoms with E-state index in [-0.39, 0.29) is 27.3 Å². The van der Waals surface area contributed by atoms with E-state index in [9.17, 15) is 23.5 Å². The molecule has 0 saturated carbocycles. The minimum Gasteiger partial charge on any atom is -0.477 e. The molecule has 1 saturated heterocycles. The third-order valence-electron chi connectivity index (χ3n) is 4.86. The molecule has 1 aliphatic rings. The molecular weight excluding hydrogens is 428 g/mol. The van der Waals surface area contributed by atoms with E-state index < -0.39 is 29.6 Å². The number of hydrogen-bond acceptors (Lipinski definition) is 7. The van der Waals surface area contributed by atoms with Crippen LogP contribution in [0.5, 0.6) is 0 Å². The SMILES string of the molecule is CCn1c(=C(C#N)C(=O)O)sc(=CNc2cccc(C(F)(F)CN3CCCC3)n2)c1=O. The second-order valence-electron chi connectivity index (χ2n) is 7.00. The lowest BCUT2D eigenvalue weighted by Crippen LogP contribution is -2.34. The minimum absolute atomic E-state index is 0.0226. The number of alkyl halides is 2. The summed E-state index contributed by atoms with van der Waals surface area (Å²) >= 11 is 0.831. The minimum atomic E-state index is -3.12. The zero-order valence-electron chi connectivity index (χ0n) is 16.8. The van der Waals surface area contributed by atoms with E-state index in [0.717, 1.165) is 24.2 Å². The van der Waals surface area contributed by atoms with Gasteiger partial charge in [0, 0.05) is 12.7 Å². The number of aliphatic carboxylic acids is 1. The maximum atomic E-state index is 14.6. The van der Waals surface area contributed by atoms with E-state index in [4.69, 9.17) is 5.26 Å². The standard InChI is InChI=1S/C20H21F2N5O3S/c1-2-27-17(28)14(31-18(27)13(10-23)19(29)30)11-24-16-7-5-6-15(25-16)20(21,22)12-26-8-3-4-9-26/h5-7,11H,2-4,8-9,12H2,1H3,(H,24,25)(H,29,30). The number of nitriles is 1. The molecule has 2 aromatic heterocycles. The van der Waals surface area contributed by atoms with Crippen molar-refractivity contribution in [3.05, 3.63) is 43.4 Å². The Morgan fingerprint density at radius 1 is 1.42 bits per heavy atom. The number of aromatic nitrogens is 2. The van der Waals surface area contributed by atoms with Crippen molar-refractivity contribution < 1.29 is 18.7 Å². The van der Waals surface area contributed by atoms with Gasteiger partial charge in [-0.3, -0.25) is 14.3 Å². The van der Waals surface area contributed by atoms with E-state index in [1.54, 1.807) is 17.9 Å². The fourth-order valence-corrected chi connectivity index (χ4v) is 4.42. The van der Waals surface area contributed by atoms with Crippen LogP contribution in [0.3, 0.4) is 0 Å². The highest BCUT2D eigenvalue weighted by atomic mass is 32.1. The summed E-state index contributed by atoms with van der Waals surface area (Å²) in [7, 11) is 0. The normalized spacial score (nSPS) is 16.3. The Hall–Kier alpha value is -3.10. The molecule has 11 heteroatoms. The highest BCUT2D eigenvalue weighted by Gasteiger charge is 2.36. The molecule has 0 atom stereocenters. The molecule has 164 valence electrons. The summed E-state index contributed by atoms with van der Waals surface area (Å²) in [4.78, 5) is 29.5. The van der Waals surface area contributed by atoms with Gasteiger partial charge in [-0.15, -0.1) is 11.3 Å². The highest BCUT2D eigenvalue weighted by Crippen LogP contribution is 2.29. The molecule has 31 heavy (non-hydrogen) atoms. The first kappa shape index (κ1) is 22.6. The van der Waals surface area contributed by atoms with Gasteiger partial charge in [0.2, 0.25) is 0 Å². The Morgan fingerprint density at radius 3 is 2.74 bits per heavy atom. The van der Waals surface area contributed by atoms with Gasteiger partial charge in [-0.1, -0.05) is 6.07 Å². The number of likely N-dealkylation sites (tertiary alicyclic amines) is 1. The number of carboxylic acid groups (broad SMARTS) is 1. The molecule has 0 radical (unpaired) electrons. The van der Waals surface area contributed by atoms with Crippen molar-refractivity contribution in [2.45, 2.75) is 32.2 Å².